The van der Waals surface area contributed by atoms with Crippen LogP contribution in [0.1, 0.15) is 0 Å². The van der Waals surface area contributed by atoms with Gasteiger partial charge in [0.1, 0.15) is 19.5 Å². The number of hydrogen-bond acceptors (Lipinski definition) is 1. The van der Waals surface area contributed by atoms with Crippen LogP contribution in [0.3, 0.4) is 0 Å². The fraction of sp³-hybridized carbons (Fsp3) is 0.167. The van der Waals surface area contributed by atoms with Crippen LogP contribution in [0.5, 0.6) is 0 Å². The Morgan fingerprint density at radius 1 is 0.957 bits per heavy atom. The van der Waals surface area contributed by atoms with Gasteiger partial charge in [-0.05, 0) is 0 Å². The highest BCUT2D eigenvalue weighted by Gasteiger charge is 2.27. The van der Waals surface area contributed by atoms with E-state index in [0.717, 1.165) is 17.2 Å². The van der Waals surface area contributed by atoms with Crippen molar-refractivity contribution in [3.8, 4) is 0 Å². The van der Waals surface area contributed by atoms with Gasteiger partial charge < -0.3 is 28.5 Å². The zero-order valence-electron chi connectivity index (χ0n) is 13.0. The summed E-state index contributed by atoms with van der Waals surface area (Å²) in [6, 6.07) is 19.7. The van der Waals surface area contributed by atoms with Gasteiger partial charge in [0.05, 0.1) is 13.6 Å². The average molecular weight is 438 g/mol. The molecule has 0 saturated heterocycles. The van der Waals surface area contributed by atoms with Crippen LogP contribution in [0.15, 0.2) is 79.4 Å². The second-order valence-corrected chi connectivity index (χ2v) is 8.41. The monoisotopic (exact) mass is 438 g/mol. The van der Waals surface area contributed by atoms with E-state index < -0.39 is 7.14 Å². The fourth-order valence-electron chi connectivity index (χ4n) is 2.64. The summed E-state index contributed by atoms with van der Waals surface area (Å²) in [6.07, 6.45) is 6.65. The SMILES string of the molecule is C[n+]1ccn(CCP(=O)(c2ccccc2)c2ccccc2)c1.[I-]. The number of aryl methyl sites for hydroxylation is 2. The van der Waals surface area contributed by atoms with E-state index in [0.29, 0.717) is 6.16 Å². The molecule has 0 fully saturated rings. The zero-order valence-corrected chi connectivity index (χ0v) is 16.1. The molecular weight excluding hydrogens is 418 g/mol. The molecule has 0 N–H and O–H groups in total. The normalized spacial score (nSPS) is 11.0. The molecule has 0 saturated carbocycles. The van der Waals surface area contributed by atoms with E-state index in [4.69, 9.17) is 0 Å². The van der Waals surface area contributed by atoms with Gasteiger partial charge in [0.2, 0.25) is 6.33 Å². The third kappa shape index (κ3) is 4.12. The molecule has 0 aliphatic heterocycles. The third-order valence-electron chi connectivity index (χ3n) is 3.84. The summed E-state index contributed by atoms with van der Waals surface area (Å²) in [5.74, 6) is 0. The Morgan fingerprint density at radius 2 is 1.48 bits per heavy atom. The largest absolute Gasteiger partial charge is 1.00 e. The predicted molar refractivity (Wildman–Crippen MR) is 90.2 cm³/mol. The van der Waals surface area contributed by atoms with Crippen LogP contribution in [0.4, 0.5) is 0 Å². The molecular formula is C18H20IN2OP. The minimum atomic E-state index is -2.61. The minimum absolute atomic E-state index is 0. The van der Waals surface area contributed by atoms with Crippen molar-refractivity contribution in [3.05, 3.63) is 79.4 Å². The Kier molecular flexibility index (Phi) is 6.19. The Bertz CT molecular complexity index is 744. The van der Waals surface area contributed by atoms with Crippen LogP contribution in [-0.4, -0.2) is 10.7 Å². The maximum absolute atomic E-state index is 13.8. The van der Waals surface area contributed by atoms with E-state index in [-0.39, 0.29) is 24.0 Å². The van der Waals surface area contributed by atoms with Crippen LogP contribution in [0.25, 0.3) is 0 Å². The van der Waals surface area contributed by atoms with Crippen molar-refractivity contribution >= 4 is 17.8 Å². The number of rotatable bonds is 5. The van der Waals surface area contributed by atoms with Gasteiger partial charge in [-0.25, -0.2) is 9.13 Å². The molecule has 1 aromatic heterocycles. The maximum atomic E-state index is 13.8. The first kappa shape index (κ1) is 18.0. The highest BCUT2D eigenvalue weighted by molar-refractivity contribution is 7.78. The van der Waals surface area contributed by atoms with Crippen molar-refractivity contribution in [1.82, 2.24) is 4.57 Å². The van der Waals surface area contributed by atoms with E-state index in [9.17, 15) is 4.57 Å². The van der Waals surface area contributed by atoms with Crippen molar-refractivity contribution < 1.29 is 33.1 Å². The van der Waals surface area contributed by atoms with E-state index in [1.54, 1.807) is 0 Å². The molecule has 3 aromatic rings. The fourth-order valence-corrected chi connectivity index (χ4v) is 5.27. The Labute approximate surface area is 154 Å². The molecule has 1 heterocycles. The summed E-state index contributed by atoms with van der Waals surface area (Å²) in [6.45, 7) is 0.738. The first-order valence-electron chi connectivity index (χ1n) is 7.40. The Morgan fingerprint density at radius 3 is 1.91 bits per heavy atom. The highest BCUT2D eigenvalue weighted by atomic mass is 127. The average Bonchev–Trinajstić information content (AvgIpc) is 3.00. The van der Waals surface area contributed by atoms with Gasteiger partial charge in [0.25, 0.3) is 0 Å². The third-order valence-corrected chi connectivity index (χ3v) is 6.94. The molecule has 0 unspecified atom stereocenters. The molecule has 120 valence electrons. The van der Waals surface area contributed by atoms with E-state index in [1.807, 2.05) is 91.0 Å². The van der Waals surface area contributed by atoms with Gasteiger partial charge in [-0.2, -0.15) is 0 Å². The first-order valence-corrected chi connectivity index (χ1v) is 9.29. The molecule has 0 amide bonds. The molecule has 3 rings (SSSR count). The lowest BCUT2D eigenvalue weighted by Crippen LogP contribution is -3.00. The maximum Gasteiger partial charge on any atom is 0.243 e. The van der Waals surface area contributed by atoms with Crippen molar-refractivity contribution in [3.63, 3.8) is 0 Å². The van der Waals surface area contributed by atoms with Crippen LogP contribution < -0.4 is 39.2 Å². The molecule has 0 aliphatic carbocycles. The summed E-state index contributed by atoms with van der Waals surface area (Å²) in [7, 11) is -0.620. The number of hydrogen-bond donors (Lipinski definition) is 0. The summed E-state index contributed by atoms with van der Waals surface area (Å²) < 4.78 is 17.9. The number of imidazole rings is 1. The minimum Gasteiger partial charge on any atom is -1.00 e. The Hall–Kier alpha value is -1.39. The van der Waals surface area contributed by atoms with Crippen LogP contribution in [0.2, 0.25) is 0 Å². The molecule has 5 heteroatoms. The van der Waals surface area contributed by atoms with Gasteiger partial charge in [-0.15, -0.1) is 0 Å². The van der Waals surface area contributed by atoms with Gasteiger partial charge >= 0.3 is 0 Å². The quantitative estimate of drug-likeness (QED) is 0.295. The molecule has 0 atom stereocenters. The number of nitrogens with zero attached hydrogens (tertiary/aromatic N) is 2. The van der Waals surface area contributed by atoms with Crippen molar-refractivity contribution in [2.45, 2.75) is 6.54 Å². The van der Waals surface area contributed by atoms with E-state index in [2.05, 4.69) is 4.57 Å². The molecule has 0 radical (unpaired) electrons. The lowest BCUT2D eigenvalue weighted by molar-refractivity contribution is -0.671. The van der Waals surface area contributed by atoms with Crippen LogP contribution in [-0.2, 0) is 18.2 Å². The predicted octanol–water partition coefficient (Wildman–Crippen LogP) is -0.669. The summed E-state index contributed by atoms with van der Waals surface area (Å²) in [5.41, 5.74) is 0. The smallest absolute Gasteiger partial charge is 0.243 e. The van der Waals surface area contributed by atoms with Gasteiger partial charge in [-0.1, -0.05) is 60.7 Å². The zero-order chi connectivity index (χ0) is 15.4. The second kappa shape index (κ2) is 7.93. The molecule has 0 spiro atoms. The summed E-state index contributed by atoms with van der Waals surface area (Å²) in [4.78, 5) is 0. The Balaban J connectivity index is 0.00000192. The van der Waals surface area contributed by atoms with Gasteiger partial charge in [-0.3, -0.25) is 0 Å². The van der Waals surface area contributed by atoms with E-state index in [1.165, 1.54) is 0 Å². The number of benzene rings is 2. The second-order valence-electron chi connectivity index (χ2n) is 5.45. The topological polar surface area (TPSA) is 25.9 Å². The van der Waals surface area contributed by atoms with Gasteiger partial charge in [0.15, 0.2) is 0 Å². The lowest BCUT2D eigenvalue weighted by Gasteiger charge is -2.18. The summed E-state index contributed by atoms with van der Waals surface area (Å²) >= 11 is 0. The van der Waals surface area contributed by atoms with Crippen LogP contribution >= 0.6 is 7.14 Å². The van der Waals surface area contributed by atoms with Gasteiger partial charge in [0, 0.05) is 16.8 Å². The molecule has 3 nitrogen and oxygen atoms in total. The number of aromatic nitrogens is 2. The number of halogens is 1. The molecule has 23 heavy (non-hydrogen) atoms. The molecule has 2 aromatic carbocycles. The molecule has 0 aliphatic rings. The lowest BCUT2D eigenvalue weighted by atomic mass is 10.4. The van der Waals surface area contributed by atoms with Crippen molar-refractivity contribution in [2.24, 2.45) is 7.05 Å². The van der Waals surface area contributed by atoms with Crippen molar-refractivity contribution in [2.75, 3.05) is 6.16 Å². The molecule has 0 bridgehead atoms. The first-order chi connectivity index (χ1) is 10.7. The van der Waals surface area contributed by atoms with E-state index >= 15 is 0 Å². The van der Waals surface area contributed by atoms with Crippen molar-refractivity contribution in [1.29, 1.82) is 0 Å². The van der Waals surface area contributed by atoms with Crippen LogP contribution in [0, 0.1) is 0 Å². The summed E-state index contributed by atoms with van der Waals surface area (Å²) in [5, 5.41) is 1.86. The standard InChI is InChI=1S/C18H20N2OP.HI/c1-19-12-13-20(16-19)14-15-22(21,17-8-4-2-5-9-17)18-10-6-3-7-11-18;/h2-13,16H,14-15H2,1H3;1H/q+1;/p-1. The highest BCUT2D eigenvalue weighted by Crippen LogP contribution is 2.43.